The van der Waals surface area contributed by atoms with Crippen molar-refractivity contribution in [3.05, 3.63) is 17.7 Å². The maximum atomic E-state index is 11.4. The van der Waals surface area contributed by atoms with Gasteiger partial charge in [0.05, 0.1) is 5.69 Å². The van der Waals surface area contributed by atoms with Crippen LogP contribution in [-0.4, -0.2) is 19.8 Å². The lowest BCUT2D eigenvalue weighted by molar-refractivity contribution is 0.461. The van der Waals surface area contributed by atoms with E-state index in [1.807, 2.05) is 0 Å². The Kier molecular flexibility index (Phi) is 2.15. The first kappa shape index (κ1) is 10.3. The molecule has 0 atom stereocenters. The average molecular weight is 227 g/mol. The number of sulfone groups is 1. The van der Waals surface area contributed by atoms with Gasteiger partial charge in [-0.2, -0.15) is 0 Å². The topological polar surface area (TPSA) is 80.4 Å². The Hall–Kier alpha value is -1.23. The lowest BCUT2D eigenvalue weighted by atomic mass is 10.1. The number of nitrogen functional groups attached to an aromatic ring is 1. The van der Waals surface area contributed by atoms with E-state index in [1.54, 1.807) is 6.07 Å². The maximum absolute atomic E-state index is 11.4. The van der Waals surface area contributed by atoms with Crippen LogP contribution in [0.2, 0.25) is 0 Å². The quantitative estimate of drug-likeness (QED) is 0.588. The lowest BCUT2D eigenvalue weighted by Crippen LogP contribution is -2.01. The molecule has 82 valence electrons. The van der Waals surface area contributed by atoms with Crippen LogP contribution in [0.15, 0.2) is 17.0 Å². The number of hydrogen-bond donors (Lipinski definition) is 2. The van der Waals surface area contributed by atoms with Gasteiger partial charge in [-0.15, -0.1) is 0 Å². The molecule has 1 aromatic rings. The first-order valence-corrected chi connectivity index (χ1v) is 6.61. The van der Waals surface area contributed by atoms with E-state index in [9.17, 15) is 13.5 Å². The van der Waals surface area contributed by atoms with Crippen molar-refractivity contribution in [2.75, 3.05) is 12.0 Å². The molecule has 0 aliphatic heterocycles. The molecule has 3 N–H and O–H groups in total. The van der Waals surface area contributed by atoms with Crippen molar-refractivity contribution < 1.29 is 13.5 Å². The highest BCUT2D eigenvalue weighted by Gasteiger charge is 2.27. The number of rotatable bonds is 2. The summed E-state index contributed by atoms with van der Waals surface area (Å²) in [5.41, 5.74) is 6.62. The average Bonchev–Trinajstić information content (AvgIpc) is 2.90. The molecule has 15 heavy (non-hydrogen) atoms. The second kappa shape index (κ2) is 3.13. The van der Waals surface area contributed by atoms with Crippen molar-refractivity contribution in [3.8, 4) is 5.75 Å². The van der Waals surface area contributed by atoms with E-state index in [1.165, 1.54) is 6.07 Å². The summed E-state index contributed by atoms with van der Waals surface area (Å²) in [6.07, 6.45) is 3.19. The van der Waals surface area contributed by atoms with Crippen molar-refractivity contribution in [1.29, 1.82) is 0 Å². The normalized spacial score (nSPS) is 16.6. The fraction of sp³-hybridized carbons (Fsp3) is 0.400. The van der Waals surface area contributed by atoms with Crippen molar-refractivity contribution in [2.24, 2.45) is 0 Å². The minimum atomic E-state index is -3.41. The monoisotopic (exact) mass is 227 g/mol. The fourth-order valence-corrected chi connectivity index (χ4v) is 2.41. The van der Waals surface area contributed by atoms with Gasteiger partial charge in [0.15, 0.2) is 15.6 Å². The summed E-state index contributed by atoms with van der Waals surface area (Å²) in [6.45, 7) is 0. The van der Waals surface area contributed by atoms with E-state index in [0.29, 0.717) is 5.92 Å². The van der Waals surface area contributed by atoms with Crippen LogP contribution in [0.25, 0.3) is 0 Å². The maximum Gasteiger partial charge on any atom is 0.179 e. The molecule has 0 bridgehead atoms. The first-order chi connectivity index (χ1) is 6.89. The number of hydrogen-bond acceptors (Lipinski definition) is 4. The Morgan fingerprint density at radius 2 is 2.00 bits per heavy atom. The largest absolute Gasteiger partial charge is 0.504 e. The Labute approximate surface area is 88.6 Å². The van der Waals surface area contributed by atoms with Crippen LogP contribution in [0.4, 0.5) is 5.69 Å². The van der Waals surface area contributed by atoms with E-state index in [-0.39, 0.29) is 16.3 Å². The van der Waals surface area contributed by atoms with E-state index >= 15 is 0 Å². The molecule has 1 aliphatic rings. The van der Waals surface area contributed by atoms with Crippen molar-refractivity contribution in [2.45, 2.75) is 23.7 Å². The highest BCUT2D eigenvalue weighted by atomic mass is 32.2. The Morgan fingerprint density at radius 1 is 1.40 bits per heavy atom. The zero-order valence-electron chi connectivity index (χ0n) is 8.40. The summed E-state index contributed by atoms with van der Waals surface area (Å²) in [5, 5.41) is 9.56. The van der Waals surface area contributed by atoms with Gasteiger partial charge in [-0.1, -0.05) is 0 Å². The molecule has 0 unspecified atom stereocenters. The number of aromatic hydroxyl groups is 1. The molecule has 1 aliphatic carbocycles. The molecule has 0 radical (unpaired) electrons. The molecule has 1 fully saturated rings. The van der Waals surface area contributed by atoms with Gasteiger partial charge in [-0.25, -0.2) is 8.42 Å². The predicted molar refractivity (Wildman–Crippen MR) is 57.6 cm³/mol. The molecule has 4 nitrogen and oxygen atoms in total. The van der Waals surface area contributed by atoms with E-state index < -0.39 is 9.84 Å². The number of nitrogens with two attached hydrogens (primary N) is 1. The zero-order valence-corrected chi connectivity index (χ0v) is 9.21. The van der Waals surface area contributed by atoms with Gasteiger partial charge in [0.1, 0.15) is 4.90 Å². The molecular weight excluding hydrogens is 214 g/mol. The molecule has 1 saturated carbocycles. The Morgan fingerprint density at radius 3 is 2.47 bits per heavy atom. The SMILES string of the molecule is CS(=O)(=O)c1cc(C2CC2)cc(N)c1O. The van der Waals surface area contributed by atoms with Gasteiger partial charge in [0, 0.05) is 6.26 Å². The minimum Gasteiger partial charge on any atom is -0.504 e. The molecule has 0 heterocycles. The summed E-state index contributed by atoms with van der Waals surface area (Å²) >= 11 is 0. The van der Waals surface area contributed by atoms with Crippen molar-refractivity contribution >= 4 is 15.5 Å². The van der Waals surface area contributed by atoms with Gasteiger partial charge in [-0.3, -0.25) is 0 Å². The van der Waals surface area contributed by atoms with Gasteiger partial charge in [0.2, 0.25) is 0 Å². The molecule has 0 amide bonds. The smallest absolute Gasteiger partial charge is 0.179 e. The molecule has 0 spiro atoms. The van der Waals surface area contributed by atoms with Crippen LogP contribution < -0.4 is 5.73 Å². The number of phenolic OH excluding ortho intramolecular Hbond substituents is 1. The summed E-state index contributed by atoms with van der Waals surface area (Å²) in [5.74, 6) is 0.0790. The Bertz CT molecular complexity index is 504. The molecular formula is C10H13NO3S. The van der Waals surface area contributed by atoms with Crippen LogP contribution in [0.1, 0.15) is 24.3 Å². The molecule has 0 aromatic heterocycles. The van der Waals surface area contributed by atoms with Crippen LogP contribution >= 0.6 is 0 Å². The van der Waals surface area contributed by atoms with Gasteiger partial charge in [0.25, 0.3) is 0 Å². The number of anilines is 1. The second-order valence-corrected chi connectivity index (χ2v) is 5.99. The van der Waals surface area contributed by atoms with Gasteiger partial charge >= 0.3 is 0 Å². The summed E-state index contributed by atoms with van der Waals surface area (Å²) < 4.78 is 22.8. The van der Waals surface area contributed by atoms with Crippen LogP contribution in [0.3, 0.4) is 0 Å². The summed E-state index contributed by atoms with van der Waals surface area (Å²) in [7, 11) is -3.41. The van der Waals surface area contributed by atoms with E-state index in [0.717, 1.165) is 24.7 Å². The molecule has 1 aromatic carbocycles. The molecule has 5 heteroatoms. The lowest BCUT2D eigenvalue weighted by Gasteiger charge is -2.08. The molecule has 2 rings (SSSR count). The minimum absolute atomic E-state index is 0.0654. The number of benzene rings is 1. The van der Waals surface area contributed by atoms with Gasteiger partial charge in [-0.05, 0) is 36.5 Å². The fourth-order valence-electron chi connectivity index (χ4n) is 1.59. The molecule has 0 saturated heterocycles. The van der Waals surface area contributed by atoms with Crippen LogP contribution in [0, 0.1) is 0 Å². The van der Waals surface area contributed by atoms with Gasteiger partial charge < -0.3 is 10.8 Å². The van der Waals surface area contributed by atoms with Crippen molar-refractivity contribution in [1.82, 2.24) is 0 Å². The standard InChI is InChI=1S/C10H13NO3S/c1-15(13,14)9-5-7(6-2-3-6)4-8(11)10(9)12/h4-6,12H,2-3,11H2,1H3. The Balaban J connectivity index is 2.62. The van der Waals surface area contributed by atoms with E-state index in [2.05, 4.69) is 0 Å². The first-order valence-electron chi connectivity index (χ1n) is 4.72. The summed E-state index contributed by atoms with van der Waals surface area (Å²) in [6, 6.07) is 3.18. The third-order valence-electron chi connectivity index (χ3n) is 2.57. The summed E-state index contributed by atoms with van der Waals surface area (Å²) in [4.78, 5) is -0.0654. The predicted octanol–water partition coefficient (Wildman–Crippen LogP) is 1.26. The zero-order chi connectivity index (χ0) is 11.2. The number of phenols is 1. The van der Waals surface area contributed by atoms with Crippen LogP contribution in [-0.2, 0) is 9.84 Å². The second-order valence-electron chi connectivity index (χ2n) is 4.00. The third-order valence-corrected chi connectivity index (χ3v) is 3.69. The van der Waals surface area contributed by atoms with Crippen molar-refractivity contribution in [3.63, 3.8) is 0 Å². The van der Waals surface area contributed by atoms with Crippen LogP contribution in [0.5, 0.6) is 5.75 Å². The highest BCUT2D eigenvalue weighted by Crippen LogP contribution is 2.43. The third kappa shape index (κ3) is 1.92. The highest BCUT2D eigenvalue weighted by molar-refractivity contribution is 7.90. The van der Waals surface area contributed by atoms with E-state index in [4.69, 9.17) is 5.73 Å².